The number of halogens is 1. The van der Waals surface area contributed by atoms with Gasteiger partial charge in [0.05, 0.1) is 11.5 Å². The molecule has 7 heteroatoms. The molecule has 4 unspecified atom stereocenters. The highest BCUT2D eigenvalue weighted by Crippen LogP contribution is 2.46. The van der Waals surface area contributed by atoms with Crippen molar-refractivity contribution >= 4 is 29.0 Å². The van der Waals surface area contributed by atoms with Crippen LogP contribution in [-0.2, 0) is 14.4 Å². The quantitative estimate of drug-likeness (QED) is 0.499. The third-order valence-electron chi connectivity index (χ3n) is 6.17. The largest absolute Gasteiger partial charge is 0.389 e. The van der Waals surface area contributed by atoms with Crippen LogP contribution in [0.2, 0.25) is 0 Å². The number of benzene rings is 3. The third-order valence-corrected chi connectivity index (χ3v) is 6.17. The second-order valence-corrected chi connectivity index (χ2v) is 8.74. The molecule has 3 aromatic carbocycles. The maximum Gasteiger partial charge on any atom is 0.235 e. The summed E-state index contributed by atoms with van der Waals surface area (Å²) in [5, 5.41) is 16.8. The van der Waals surface area contributed by atoms with Crippen LogP contribution in [0.5, 0.6) is 0 Å². The van der Waals surface area contributed by atoms with Crippen LogP contribution in [0.3, 0.4) is 0 Å². The molecular weight excluding hydrogens is 435 g/mol. The van der Waals surface area contributed by atoms with Crippen LogP contribution in [0.15, 0.2) is 84.9 Å². The molecule has 3 aromatic rings. The van der Waals surface area contributed by atoms with E-state index in [1.54, 1.807) is 60.7 Å². The summed E-state index contributed by atoms with van der Waals surface area (Å²) >= 11 is 0. The van der Waals surface area contributed by atoms with E-state index in [1.165, 1.54) is 31.2 Å². The summed E-state index contributed by atoms with van der Waals surface area (Å²) in [5.41, 5.74) is -0.293. The Morgan fingerprint density at radius 1 is 0.853 bits per heavy atom. The zero-order chi connectivity index (χ0) is 24.3. The molecule has 0 bridgehead atoms. The molecule has 0 saturated heterocycles. The van der Waals surface area contributed by atoms with Crippen molar-refractivity contribution in [1.82, 2.24) is 0 Å². The number of nitrogens with one attached hydrogen (secondary N) is 2. The average Bonchev–Trinajstić information content (AvgIpc) is 2.79. The van der Waals surface area contributed by atoms with Gasteiger partial charge in [-0.1, -0.05) is 48.5 Å². The van der Waals surface area contributed by atoms with E-state index >= 15 is 0 Å². The predicted octanol–water partition coefficient (Wildman–Crippen LogP) is 4.14. The van der Waals surface area contributed by atoms with Gasteiger partial charge in [0.2, 0.25) is 11.8 Å². The topological polar surface area (TPSA) is 95.5 Å². The molecule has 0 heterocycles. The lowest BCUT2D eigenvalue weighted by Crippen LogP contribution is -2.56. The Hall–Kier alpha value is -3.84. The number of para-hydroxylation sites is 2. The average molecular weight is 461 g/mol. The summed E-state index contributed by atoms with van der Waals surface area (Å²) in [6.07, 6.45) is -0.371. The zero-order valence-electron chi connectivity index (χ0n) is 18.6. The van der Waals surface area contributed by atoms with Crippen LogP contribution in [0.4, 0.5) is 15.8 Å². The first-order valence-corrected chi connectivity index (χ1v) is 11.0. The highest BCUT2D eigenvalue weighted by Gasteiger charge is 2.55. The van der Waals surface area contributed by atoms with Gasteiger partial charge in [-0.05, 0) is 48.9 Å². The van der Waals surface area contributed by atoms with Crippen molar-refractivity contribution in [3.63, 3.8) is 0 Å². The number of anilines is 2. The van der Waals surface area contributed by atoms with Crippen molar-refractivity contribution in [2.24, 2.45) is 11.8 Å². The van der Waals surface area contributed by atoms with E-state index in [9.17, 15) is 23.9 Å². The minimum atomic E-state index is -1.72. The molecular formula is C27H25FN2O4. The lowest BCUT2D eigenvalue weighted by molar-refractivity contribution is -0.150. The smallest absolute Gasteiger partial charge is 0.235 e. The Labute approximate surface area is 196 Å². The number of rotatable bonds is 5. The van der Waals surface area contributed by atoms with Gasteiger partial charge in [-0.3, -0.25) is 14.4 Å². The van der Waals surface area contributed by atoms with Crippen molar-refractivity contribution in [3.8, 4) is 0 Å². The number of amides is 2. The van der Waals surface area contributed by atoms with E-state index in [-0.39, 0.29) is 6.42 Å². The van der Waals surface area contributed by atoms with Gasteiger partial charge >= 0.3 is 0 Å². The third kappa shape index (κ3) is 4.89. The minimum Gasteiger partial charge on any atom is -0.389 e. The van der Waals surface area contributed by atoms with E-state index in [0.717, 1.165) is 0 Å². The number of carbonyl (C=O) groups is 3. The van der Waals surface area contributed by atoms with Gasteiger partial charge in [-0.25, -0.2) is 4.39 Å². The van der Waals surface area contributed by atoms with E-state index in [2.05, 4.69) is 10.6 Å². The molecule has 6 nitrogen and oxygen atoms in total. The molecule has 1 aliphatic rings. The fourth-order valence-corrected chi connectivity index (χ4v) is 4.66. The first-order chi connectivity index (χ1) is 16.3. The van der Waals surface area contributed by atoms with Gasteiger partial charge in [0, 0.05) is 23.7 Å². The summed E-state index contributed by atoms with van der Waals surface area (Å²) in [6.45, 7) is 1.42. The molecule has 2 amide bonds. The Morgan fingerprint density at radius 2 is 1.35 bits per heavy atom. The van der Waals surface area contributed by atoms with Crippen molar-refractivity contribution in [3.05, 3.63) is 96.3 Å². The molecule has 34 heavy (non-hydrogen) atoms. The molecule has 1 aliphatic carbocycles. The molecule has 4 atom stereocenters. The van der Waals surface area contributed by atoms with Crippen LogP contribution in [0.25, 0.3) is 0 Å². The Bertz CT molecular complexity index is 1180. The Morgan fingerprint density at radius 3 is 1.88 bits per heavy atom. The first-order valence-electron chi connectivity index (χ1n) is 11.0. The van der Waals surface area contributed by atoms with Crippen molar-refractivity contribution in [2.45, 2.75) is 24.9 Å². The molecule has 0 aliphatic heterocycles. The SMILES string of the molecule is CC1(O)CC(=O)C(C(=O)Nc2ccccc2)C(c2ccc(F)cc2)C1C(=O)Nc1ccccc1. The van der Waals surface area contributed by atoms with Crippen molar-refractivity contribution < 1.29 is 23.9 Å². The van der Waals surface area contributed by atoms with Gasteiger partial charge in [0.15, 0.2) is 0 Å². The minimum absolute atomic E-state index is 0.371. The molecule has 0 radical (unpaired) electrons. The fraction of sp³-hybridized carbons (Fsp3) is 0.222. The van der Waals surface area contributed by atoms with Gasteiger partial charge in [0.25, 0.3) is 0 Å². The second-order valence-electron chi connectivity index (χ2n) is 8.74. The molecule has 1 saturated carbocycles. The number of ketones is 1. The lowest BCUT2D eigenvalue weighted by Gasteiger charge is -2.44. The number of hydrogen-bond acceptors (Lipinski definition) is 4. The Balaban J connectivity index is 1.76. The fourth-order valence-electron chi connectivity index (χ4n) is 4.66. The molecule has 0 aromatic heterocycles. The van der Waals surface area contributed by atoms with E-state index < -0.39 is 46.8 Å². The number of hydrogen-bond donors (Lipinski definition) is 3. The molecule has 174 valence electrons. The summed E-state index contributed by atoms with van der Waals surface area (Å²) in [7, 11) is 0. The zero-order valence-corrected chi connectivity index (χ0v) is 18.6. The van der Waals surface area contributed by atoms with Gasteiger partial charge in [-0.15, -0.1) is 0 Å². The maximum atomic E-state index is 13.7. The summed E-state index contributed by atoms with van der Waals surface area (Å²) in [5.74, 6) is -5.51. The van der Waals surface area contributed by atoms with Gasteiger partial charge in [0.1, 0.15) is 17.5 Å². The monoisotopic (exact) mass is 460 g/mol. The van der Waals surface area contributed by atoms with Crippen molar-refractivity contribution in [2.75, 3.05) is 10.6 Å². The number of carbonyl (C=O) groups excluding carboxylic acids is 3. The van der Waals surface area contributed by atoms with Crippen LogP contribution < -0.4 is 10.6 Å². The van der Waals surface area contributed by atoms with Gasteiger partial charge < -0.3 is 15.7 Å². The van der Waals surface area contributed by atoms with E-state index in [1.807, 2.05) is 0 Å². The number of Topliss-reactive ketones (excluding diaryl/α,β-unsaturated/α-hetero) is 1. The highest BCUT2D eigenvalue weighted by atomic mass is 19.1. The Kier molecular flexibility index (Phi) is 6.56. The molecule has 1 fully saturated rings. The first kappa shape index (κ1) is 23.3. The van der Waals surface area contributed by atoms with Crippen LogP contribution in [0, 0.1) is 17.7 Å². The van der Waals surface area contributed by atoms with Crippen LogP contribution >= 0.6 is 0 Å². The highest BCUT2D eigenvalue weighted by molar-refractivity contribution is 6.10. The molecule has 3 N–H and O–H groups in total. The summed E-state index contributed by atoms with van der Waals surface area (Å²) < 4.78 is 13.7. The molecule has 0 spiro atoms. The normalized spacial score (nSPS) is 24.3. The van der Waals surface area contributed by atoms with E-state index in [4.69, 9.17) is 0 Å². The summed E-state index contributed by atoms with van der Waals surface area (Å²) in [4.78, 5) is 40.0. The van der Waals surface area contributed by atoms with Gasteiger partial charge in [-0.2, -0.15) is 0 Å². The maximum absolute atomic E-state index is 13.7. The summed E-state index contributed by atoms with van der Waals surface area (Å²) in [6, 6.07) is 22.7. The second kappa shape index (κ2) is 9.57. The lowest BCUT2D eigenvalue weighted by atomic mass is 9.61. The van der Waals surface area contributed by atoms with E-state index in [0.29, 0.717) is 16.9 Å². The van der Waals surface area contributed by atoms with Crippen LogP contribution in [0.1, 0.15) is 24.8 Å². The van der Waals surface area contributed by atoms with Crippen LogP contribution in [-0.4, -0.2) is 28.3 Å². The standard InChI is InChI=1S/C27H25FN2O4/c1-27(34)16-21(31)23(25(32)29-19-8-4-2-5-9-19)22(17-12-14-18(28)15-13-17)24(27)26(33)30-20-10-6-3-7-11-20/h2-15,22-24,34H,16H2,1H3,(H,29,32)(H,30,33). The molecule has 4 rings (SSSR count). The predicted molar refractivity (Wildman–Crippen MR) is 127 cm³/mol. The number of aliphatic hydroxyl groups is 1. The van der Waals surface area contributed by atoms with Crippen molar-refractivity contribution in [1.29, 1.82) is 0 Å².